The second-order valence-corrected chi connectivity index (χ2v) is 6.87. The summed E-state index contributed by atoms with van der Waals surface area (Å²) in [7, 11) is 0. The summed E-state index contributed by atoms with van der Waals surface area (Å²) in [5.74, 6) is 1.35. The Bertz CT molecular complexity index is 912. The molecule has 0 bridgehead atoms. The molecule has 0 spiro atoms. The Morgan fingerprint density at radius 3 is 2.81 bits per heavy atom. The van der Waals surface area contributed by atoms with Crippen LogP contribution < -0.4 is 14.8 Å². The van der Waals surface area contributed by atoms with Crippen LogP contribution in [0.15, 0.2) is 46.6 Å². The van der Waals surface area contributed by atoms with Crippen LogP contribution in [0, 0.1) is 11.3 Å². The molecule has 0 radical (unpaired) electrons. The Balaban J connectivity index is 1.63. The molecule has 1 saturated heterocycles. The number of hydrogen-bond acceptors (Lipinski definition) is 7. The van der Waals surface area contributed by atoms with Crippen LogP contribution in [0.4, 0.5) is 0 Å². The summed E-state index contributed by atoms with van der Waals surface area (Å²) in [4.78, 5) is 14.6. The number of nitrogens with zero attached hydrogens (tertiary/aromatic N) is 2. The second-order valence-electron chi connectivity index (χ2n) is 6.87. The third-order valence-corrected chi connectivity index (χ3v) is 4.72. The Kier molecular flexibility index (Phi) is 8.52. The number of carbonyl (C=O) groups is 1. The molecule has 1 aliphatic rings. The molecule has 2 aromatic rings. The fourth-order valence-corrected chi connectivity index (χ4v) is 3.10. The summed E-state index contributed by atoms with van der Waals surface area (Å²) < 4.78 is 22.2. The minimum Gasteiger partial charge on any atom is -0.490 e. The van der Waals surface area contributed by atoms with E-state index in [0.29, 0.717) is 36.0 Å². The third kappa shape index (κ3) is 6.88. The Labute approximate surface area is 182 Å². The van der Waals surface area contributed by atoms with Crippen molar-refractivity contribution >= 4 is 12.0 Å². The Hall–Kier alpha value is -3.28. The molecule has 0 unspecified atom stereocenters. The van der Waals surface area contributed by atoms with Crippen molar-refractivity contribution in [1.82, 2.24) is 10.2 Å². The lowest BCUT2D eigenvalue weighted by Gasteiger charge is -2.26. The number of morpholine rings is 1. The van der Waals surface area contributed by atoms with Gasteiger partial charge in [0.15, 0.2) is 11.5 Å². The first-order chi connectivity index (χ1) is 15.2. The minimum atomic E-state index is -0.470. The molecule has 0 aliphatic carbocycles. The van der Waals surface area contributed by atoms with Gasteiger partial charge in [-0.25, -0.2) is 0 Å². The zero-order chi connectivity index (χ0) is 21.9. The first kappa shape index (κ1) is 22.4. The number of hydrogen-bond donors (Lipinski definition) is 1. The zero-order valence-electron chi connectivity index (χ0n) is 17.6. The summed E-state index contributed by atoms with van der Waals surface area (Å²) in [5, 5.41) is 12.1. The lowest BCUT2D eigenvalue weighted by molar-refractivity contribution is -0.117. The van der Waals surface area contributed by atoms with Gasteiger partial charge in [0.1, 0.15) is 24.0 Å². The molecule has 8 heteroatoms. The molecule has 0 saturated carbocycles. The van der Waals surface area contributed by atoms with Crippen LogP contribution in [0.3, 0.4) is 0 Å². The largest absolute Gasteiger partial charge is 0.490 e. The first-order valence-electron chi connectivity index (χ1n) is 10.3. The van der Waals surface area contributed by atoms with E-state index in [1.165, 1.54) is 12.3 Å². The molecule has 1 aliphatic heterocycles. The van der Waals surface area contributed by atoms with Gasteiger partial charge in [0.05, 0.1) is 32.6 Å². The SMILES string of the molecule is CCOc1cc(/C=C(\C#N)C(=O)NCc2ccco2)ccc1OCCN1CCOCC1. The summed E-state index contributed by atoms with van der Waals surface area (Å²) in [6.07, 6.45) is 3.06. The van der Waals surface area contributed by atoms with Crippen LogP contribution >= 0.6 is 0 Å². The van der Waals surface area contributed by atoms with Crippen LogP contribution in [0.5, 0.6) is 11.5 Å². The van der Waals surface area contributed by atoms with Crippen molar-refractivity contribution in [2.75, 3.05) is 46.1 Å². The van der Waals surface area contributed by atoms with Gasteiger partial charge in [-0.1, -0.05) is 6.07 Å². The van der Waals surface area contributed by atoms with E-state index in [0.717, 1.165) is 32.8 Å². The average molecular weight is 425 g/mol. The quantitative estimate of drug-likeness (QED) is 0.462. The number of ether oxygens (including phenoxy) is 3. The van der Waals surface area contributed by atoms with Gasteiger partial charge in [0, 0.05) is 19.6 Å². The topological polar surface area (TPSA) is 97.0 Å². The fraction of sp³-hybridized carbons (Fsp3) is 0.391. The lowest BCUT2D eigenvalue weighted by Crippen LogP contribution is -2.38. The van der Waals surface area contributed by atoms with Gasteiger partial charge in [0.2, 0.25) is 0 Å². The molecule has 8 nitrogen and oxygen atoms in total. The van der Waals surface area contributed by atoms with Crippen LogP contribution in [0.25, 0.3) is 6.08 Å². The molecule has 1 N–H and O–H groups in total. The highest BCUT2D eigenvalue weighted by molar-refractivity contribution is 6.01. The summed E-state index contributed by atoms with van der Waals surface area (Å²) in [6.45, 7) is 7.24. The first-order valence-corrected chi connectivity index (χ1v) is 10.3. The van der Waals surface area contributed by atoms with E-state index < -0.39 is 5.91 Å². The van der Waals surface area contributed by atoms with E-state index in [1.807, 2.05) is 13.0 Å². The van der Waals surface area contributed by atoms with Gasteiger partial charge in [-0.3, -0.25) is 9.69 Å². The van der Waals surface area contributed by atoms with E-state index in [4.69, 9.17) is 18.6 Å². The van der Waals surface area contributed by atoms with Gasteiger partial charge in [0.25, 0.3) is 5.91 Å². The minimum absolute atomic E-state index is 0.00464. The van der Waals surface area contributed by atoms with E-state index in [-0.39, 0.29) is 12.1 Å². The maximum atomic E-state index is 12.3. The molecule has 1 amide bonds. The predicted octanol–water partition coefficient (Wildman–Crippen LogP) is 2.61. The van der Waals surface area contributed by atoms with Crippen molar-refractivity contribution < 1.29 is 23.4 Å². The molecule has 31 heavy (non-hydrogen) atoms. The maximum absolute atomic E-state index is 12.3. The highest BCUT2D eigenvalue weighted by Gasteiger charge is 2.13. The van der Waals surface area contributed by atoms with Crippen molar-refractivity contribution in [2.24, 2.45) is 0 Å². The smallest absolute Gasteiger partial charge is 0.262 e. The molecule has 0 atom stereocenters. The summed E-state index contributed by atoms with van der Waals surface area (Å²) in [6, 6.07) is 10.8. The maximum Gasteiger partial charge on any atom is 0.262 e. The number of rotatable bonds is 10. The van der Waals surface area contributed by atoms with Crippen molar-refractivity contribution in [3.63, 3.8) is 0 Å². The average Bonchev–Trinajstić information content (AvgIpc) is 3.32. The Morgan fingerprint density at radius 1 is 1.26 bits per heavy atom. The second kappa shape index (κ2) is 11.8. The molecule has 1 aromatic heterocycles. The highest BCUT2D eigenvalue weighted by Crippen LogP contribution is 2.29. The van der Waals surface area contributed by atoms with Gasteiger partial charge in [-0.05, 0) is 42.8 Å². The molecule has 1 fully saturated rings. The highest BCUT2D eigenvalue weighted by atomic mass is 16.5. The standard InChI is InChI=1S/C23H27N3O5/c1-2-29-22-15-18(5-6-21(22)31-13-9-26-7-11-28-12-8-26)14-19(16-24)23(27)25-17-20-4-3-10-30-20/h3-6,10,14-15H,2,7-9,11-13,17H2,1H3,(H,25,27)/b19-14+. The number of benzene rings is 1. The van der Waals surface area contributed by atoms with E-state index in [9.17, 15) is 10.1 Å². The van der Waals surface area contributed by atoms with Gasteiger partial charge >= 0.3 is 0 Å². The fourth-order valence-electron chi connectivity index (χ4n) is 3.10. The Morgan fingerprint density at radius 2 is 2.10 bits per heavy atom. The van der Waals surface area contributed by atoms with Crippen LogP contribution in [-0.4, -0.2) is 56.9 Å². The number of amides is 1. The normalized spacial score (nSPS) is 14.6. The van der Waals surface area contributed by atoms with E-state index >= 15 is 0 Å². The number of carbonyl (C=O) groups excluding carboxylic acids is 1. The molecule has 164 valence electrons. The number of nitrogens with one attached hydrogen (secondary N) is 1. The van der Waals surface area contributed by atoms with Crippen LogP contribution in [0.2, 0.25) is 0 Å². The van der Waals surface area contributed by atoms with Crippen molar-refractivity contribution in [2.45, 2.75) is 13.5 Å². The lowest BCUT2D eigenvalue weighted by atomic mass is 10.1. The molecule has 1 aromatic carbocycles. The van der Waals surface area contributed by atoms with E-state index in [1.54, 1.807) is 30.3 Å². The zero-order valence-corrected chi connectivity index (χ0v) is 17.6. The molecule has 2 heterocycles. The van der Waals surface area contributed by atoms with Gasteiger partial charge in [-0.2, -0.15) is 5.26 Å². The molecular weight excluding hydrogens is 398 g/mol. The third-order valence-electron chi connectivity index (χ3n) is 4.72. The van der Waals surface area contributed by atoms with Crippen LogP contribution in [0.1, 0.15) is 18.2 Å². The summed E-state index contributed by atoms with van der Waals surface area (Å²) in [5.41, 5.74) is 0.670. The van der Waals surface area contributed by atoms with Crippen molar-refractivity contribution in [3.05, 3.63) is 53.5 Å². The van der Waals surface area contributed by atoms with Gasteiger partial charge < -0.3 is 23.9 Å². The molecular formula is C23H27N3O5. The van der Waals surface area contributed by atoms with E-state index in [2.05, 4.69) is 10.2 Å². The van der Waals surface area contributed by atoms with Gasteiger partial charge in [-0.15, -0.1) is 0 Å². The van der Waals surface area contributed by atoms with Crippen molar-refractivity contribution in [3.8, 4) is 17.6 Å². The van der Waals surface area contributed by atoms with Crippen LogP contribution in [-0.2, 0) is 16.1 Å². The number of nitriles is 1. The molecule has 3 rings (SSSR count). The number of furan rings is 1. The predicted molar refractivity (Wildman–Crippen MR) is 115 cm³/mol. The van der Waals surface area contributed by atoms with Crippen molar-refractivity contribution in [1.29, 1.82) is 5.26 Å². The summed E-state index contributed by atoms with van der Waals surface area (Å²) >= 11 is 0. The monoisotopic (exact) mass is 425 g/mol.